The van der Waals surface area contributed by atoms with Crippen molar-refractivity contribution in [2.75, 3.05) is 0 Å². The van der Waals surface area contributed by atoms with Crippen LogP contribution < -0.4 is 10.2 Å². The Bertz CT molecular complexity index is 727. The Balaban J connectivity index is 1.65. The van der Waals surface area contributed by atoms with Gasteiger partial charge in [-0.25, -0.2) is 5.43 Å². The Morgan fingerprint density at radius 2 is 1.68 bits per heavy atom. The van der Waals surface area contributed by atoms with Gasteiger partial charge in [-0.1, -0.05) is 62.8 Å². The molecule has 0 fully saturated rings. The summed E-state index contributed by atoms with van der Waals surface area (Å²) in [7, 11) is 0. The third kappa shape index (κ3) is 9.05. The lowest BCUT2D eigenvalue weighted by molar-refractivity contribution is -0.121. The fraction of sp³-hybridized carbons (Fsp3) is 0.391. The van der Waals surface area contributed by atoms with Gasteiger partial charge in [0, 0.05) is 11.4 Å². The molecule has 150 valence electrons. The smallest absolute Gasteiger partial charge is 0.240 e. The predicted octanol–water partition coefficient (Wildman–Crippen LogP) is 6.12. The van der Waals surface area contributed by atoms with E-state index in [0.29, 0.717) is 18.1 Å². The number of rotatable bonds is 12. The molecule has 5 heteroatoms. The third-order valence-corrected chi connectivity index (χ3v) is 4.61. The van der Waals surface area contributed by atoms with E-state index >= 15 is 0 Å². The van der Waals surface area contributed by atoms with E-state index in [2.05, 4.69) is 17.5 Å². The Morgan fingerprint density at radius 1 is 1.00 bits per heavy atom. The first kappa shape index (κ1) is 22.0. The third-order valence-electron chi connectivity index (χ3n) is 4.36. The normalized spacial score (nSPS) is 10.9. The average molecular weight is 401 g/mol. The van der Waals surface area contributed by atoms with Gasteiger partial charge in [-0.15, -0.1) is 0 Å². The second-order valence-corrected chi connectivity index (χ2v) is 7.23. The molecule has 0 bridgehead atoms. The number of nitrogens with one attached hydrogen (secondary N) is 1. The monoisotopic (exact) mass is 400 g/mol. The Kier molecular flexibility index (Phi) is 10.2. The van der Waals surface area contributed by atoms with Crippen LogP contribution in [-0.4, -0.2) is 12.1 Å². The number of benzene rings is 2. The minimum Gasteiger partial charge on any atom is -0.489 e. The molecule has 0 saturated heterocycles. The van der Waals surface area contributed by atoms with Crippen LogP contribution in [0.2, 0.25) is 5.02 Å². The van der Waals surface area contributed by atoms with Crippen LogP contribution in [0.4, 0.5) is 0 Å². The zero-order chi connectivity index (χ0) is 20.0. The first-order valence-electron chi connectivity index (χ1n) is 9.96. The van der Waals surface area contributed by atoms with Crippen molar-refractivity contribution < 1.29 is 9.53 Å². The number of carbonyl (C=O) groups excluding carboxylic acids is 1. The lowest BCUT2D eigenvalue weighted by Gasteiger charge is -2.06. The van der Waals surface area contributed by atoms with E-state index in [4.69, 9.17) is 16.3 Å². The standard InChI is InChI=1S/C23H29ClN2O2/c1-2-3-4-5-6-7-8-23(27)26-25-17-19-11-15-22(16-12-19)28-18-20-9-13-21(24)14-10-20/h9-17H,2-8,18H2,1H3,(H,26,27). The maximum atomic E-state index is 11.8. The predicted molar refractivity (Wildman–Crippen MR) is 116 cm³/mol. The second-order valence-electron chi connectivity index (χ2n) is 6.80. The average Bonchev–Trinajstić information content (AvgIpc) is 2.71. The summed E-state index contributed by atoms with van der Waals surface area (Å²) in [6.45, 7) is 2.69. The van der Waals surface area contributed by atoms with Gasteiger partial charge in [0.05, 0.1) is 6.21 Å². The molecule has 0 saturated carbocycles. The zero-order valence-corrected chi connectivity index (χ0v) is 17.3. The minimum atomic E-state index is -0.0327. The van der Waals surface area contributed by atoms with Gasteiger partial charge in [-0.2, -0.15) is 5.10 Å². The highest BCUT2D eigenvalue weighted by Gasteiger charge is 2.00. The highest BCUT2D eigenvalue weighted by atomic mass is 35.5. The molecule has 0 aromatic heterocycles. The topological polar surface area (TPSA) is 50.7 Å². The van der Waals surface area contributed by atoms with Gasteiger partial charge in [-0.05, 0) is 53.9 Å². The van der Waals surface area contributed by atoms with E-state index in [1.165, 1.54) is 25.7 Å². The van der Waals surface area contributed by atoms with Gasteiger partial charge in [-0.3, -0.25) is 4.79 Å². The molecule has 1 N–H and O–H groups in total. The summed E-state index contributed by atoms with van der Waals surface area (Å²) >= 11 is 5.88. The van der Waals surface area contributed by atoms with E-state index in [9.17, 15) is 4.79 Å². The van der Waals surface area contributed by atoms with Gasteiger partial charge < -0.3 is 4.74 Å². The molecule has 0 unspecified atom stereocenters. The van der Waals surface area contributed by atoms with Crippen LogP contribution >= 0.6 is 11.6 Å². The van der Waals surface area contributed by atoms with Crippen molar-refractivity contribution in [2.45, 2.75) is 58.5 Å². The van der Waals surface area contributed by atoms with Crippen LogP contribution in [0.5, 0.6) is 5.75 Å². The Labute approximate surface area is 172 Å². The van der Waals surface area contributed by atoms with Crippen molar-refractivity contribution in [3.63, 3.8) is 0 Å². The van der Waals surface area contributed by atoms with Crippen molar-refractivity contribution in [3.8, 4) is 5.75 Å². The number of unbranched alkanes of at least 4 members (excludes halogenated alkanes) is 5. The number of hydrogen-bond donors (Lipinski definition) is 1. The summed E-state index contributed by atoms with van der Waals surface area (Å²) in [5.41, 5.74) is 4.55. The number of nitrogens with zero attached hydrogens (tertiary/aromatic N) is 1. The number of halogens is 1. The highest BCUT2D eigenvalue weighted by molar-refractivity contribution is 6.30. The fourth-order valence-electron chi connectivity index (χ4n) is 2.70. The Hall–Kier alpha value is -2.33. The summed E-state index contributed by atoms with van der Waals surface area (Å²) in [5.74, 6) is 0.744. The number of ether oxygens (including phenoxy) is 1. The van der Waals surface area contributed by atoms with E-state index in [-0.39, 0.29) is 5.91 Å². The molecule has 0 aliphatic carbocycles. The quantitative estimate of drug-likeness (QED) is 0.265. The molecule has 2 aromatic rings. The molecule has 2 rings (SSSR count). The lowest BCUT2D eigenvalue weighted by Crippen LogP contribution is -2.16. The van der Waals surface area contributed by atoms with Crippen molar-refractivity contribution in [1.82, 2.24) is 5.43 Å². The minimum absolute atomic E-state index is 0.0327. The zero-order valence-electron chi connectivity index (χ0n) is 16.5. The molecule has 0 atom stereocenters. The van der Waals surface area contributed by atoms with Gasteiger partial charge in [0.1, 0.15) is 12.4 Å². The molecule has 0 heterocycles. The summed E-state index contributed by atoms with van der Waals surface area (Å²) in [4.78, 5) is 11.8. The molecule has 0 radical (unpaired) electrons. The lowest BCUT2D eigenvalue weighted by atomic mass is 10.1. The summed E-state index contributed by atoms with van der Waals surface area (Å²) in [5, 5.41) is 4.74. The molecule has 0 spiro atoms. The molecule has 4 nitrogen and oxygen atoms in total. The van der Waals surface area contributed by atoms with E-state index < -0.39 is 0 Å². The molecule has 2 aromatic carbocycles. The van der Waals surface area contributed by atoms with Crippen molar-refractivity contribution in [2.24, 2.45) is 5.10 Å². The van der Waals surface area contributed by atoms with Gasteiger partial charge in [0.15, 0.2) is 0 Å². The number of hydrazone groups is 1. The van der Waals surface area contributed by atoms with E-state index in [1.54, 1.807) is 6.21 Å². The van der Waals surface area contributed by atoms with Crippen LogP contribution in [0.15, 0.2) is 53.6 Å². The Morgan fingerprint density at radius 3 is 2.39 bits per heavy atom. The summed E-state index contributed by atoms with van der Waals surface area (Å²) < 4.78 is 5.75. The highest BCUT2D eigenvalue weighted by Crippen LogP contribution is 2.15. The molecule has 1 amide bonds. The second kappa shape index (κ2) is 12.9. The molecular weight excluding hydrogens is 372 g/mol. The molecule has 28 heavy (non-hydrogen) atoms. The fourth-order valence-corrected chi connectivity index (χ4v) is 2.82. The maximum absolute atomic E-state index is 11.8. The summed E-state index contributed by atoms with van der Waals surface area (Å²) in [6.07, 6.45) is 9.18. The van der Waals surface area contributed by atoms with Crippen molar-refractivity contribution in [1.29, 1.82) is 0 Å². The van der Waals surface area contributed by atoms with E-state index in [0.717, 1.165) is 29.7 Å². The SMILES string of the molecule is CCCCCCCCC(=O)NN=Cc1ccc(OCc2ccc(Cl)cc2)cc1. The first-order valence-corrected chi connectivity index (χ1v) is 10.3. The number of amides is 1. The molecule has 0 aliphatic heterocycles. The van der Waals surface area contributed by atoms with Crippen LogP contribution in [0.25, 0.3) is 0 Å². The molecular formula is C23H29ClN2O2. The van der Waals surface area contributed by atoms with Crippen LogP contribution in [0.1, 0.15) is 63.0 Å². The van der Waals surface area contributed by atoms with Crippen molar-refractivity contribution >= 4 is 23.7 Å². The largest absolute Gasteiger partial charge is 0.489 e. The maximum Gasteiger partial charge on any atom is 0.240 e. The van der Waals surface area contributed by atoms with Gasteiger partial charge >= 0.3 is 0 Å². The molecule has 0 aliphatic rings. The van der Waals surface area contributed by atoms with Gasteiger partial charge in [0.2, 0.25) is 5.91 Å². The first-order chi connectivity index (χ1) is 13.7. The van der Waals surface area contributed by atoms with E-state index in [1.807, 2.05) is 48.5 Å². The van der Waals surface area contributed by atoms with Crippen LogP contribution in [0.3, 0.4) is 0 Å². The van der Waals surface area contributed by atoms with Gasteiger partial charge in [0.25, 0.3) is 0 Å². The van der Waals surface area contributed by atoms with Crippen LogP contribution in [0, 0.1) is 0 Å². The number of carbonyl (C=O) groups is 1. The van der Waals surface area contributed by atoms with Crippen molar-refractivity contribution in [3.05, 3.63) is 64.7 Å². The number of hydrogen-bond acceptors (Lipinski definition) is 3. The summed E-state index contributed by atoms with van der Waals surface area (Å²) in [6, 6.07) is 15.2. The van der Waals surface area contributed by atoms with Crippen LogP contribution in [-0.2, 0) is 11.4 Å².